The van der Waals surface area contributed by atoms with Crippen LogP contribution in [0.3, 0.4) is 0 Å². The van der Waals surface area contributed by atoms with Crippen molar-refractivity contribution in [3.63, 3.8) is 0 Å². The fourth-order valence-corrected chi connectivity index (χ4v) is 1.77. The SMILES string of the molecule is C=CS(=O)(=O)c1ncccc1C(F)(F)F. The van der Waals surface area contributed by atoms with Gasteiger partial charge < -0.3 is 0 Å². The Kier molecular flexibility index (Phi) is 2.85. The summed E-state index contributed by atoms with van der Waals surface area (Å²) in [5, 5.41) is -0.586. The minimum atomic E-state index is -4.75. The van der Waals surface area contributed by atoms with E-state index in [0.29, 0.717) is 11.5 Å². The van der Waals surface area contributed by atoms with Crippen molar-refractivity contribution in [1.29, 1.82) is 0 Å². The first kappa shape index (κ1) is 11.7. The van der Waals surface area contributed by atoms with E-state index in [9.17, 15) is 21.6 Å². The zero-order valence-electron chi connectivity index (χ0n) is 7.32. The van der Waals surface area contributed by atoms with Gasteiger partial charge in [-0.3, -0.25) is 0 Å². The lowest BCUT2D eigenvalue weighted by Crippen LogP contribution is -2.13. The van der Waals surface area contributed by atoms with Crippen molar-refractivity contribution in [2.24, 2.45) is 0 Å². The van der Waals surface area contributed by atoms with Gasteiger partial charge in [-0.1, -0.05) is 6.58 Å². The molecule has 1 aromatic rings. The second-order valence-corrected chi connectivity index (χ2v) is 4.38. The Balaban J connectivity index is 3.51. The molecule has 82 valence electrons. The highest BCUT2D eigenvalue weighted by molar-refractivity contribution is 7.94. The van der Waals surface area contributed by atoms with Crippen LogP contribution in [0.15, 0.2) is 35.3 Å². The molecule has 7 heteroatoms. The van der Waals surface area contributed by atoms with Gasteiger partial charge in [-0.2, -0.15) is 13.2 Å². The van der Waals surface area contributed by atoms with Crippen molar-refractivity contribution in [2.45, 2.75) is 11.2 Å². The molecule has 1 rings (SSSR count). The molecule has 0 fully saturated rings. The van der Waals surface area contributed by atoms with Crippen molar-refractivity contribution >= 4 is 9.84 Å². The summed E-state index contributed by atoms with van der Waals surface area (Å²) in [5.41, 5.74) is -1.29. The molecule has 15 heavy (non-hydrogen) atoms. The topological polar surface area (TPSA) is 47.0 Å². The van der Waals surface area contributed by atoms with E-state index in [0.717, 1.165) is 12.3 Å². The summed E-state index contributed by atoms with van der Waals surface area (Å²) in [6, 6.07) is 1.67. The zero-order valence-corrected chi connectivity index (χ0v) is 8.14. The lowest BCUT2D eigenvalue weighted by Gasteiger charge is -2.09. The average molecular weight is 237 g/mol. The molecule has 0 aliphatic carbocycles. The van der Waals surface area contributed by atoms with Crippen LogP contribution in [0.1, 0.15) is 5.56 Å². The molecule has 0 aliphatic rings. The van der Waals surface area contributed by atoms with E-state index in [-0.39, 0.29) is 0 Å². The molecule has 0 radical (unpaired) electrons. The van der Waals surface area contributed by atoms with Crippen LogP contribution in [-0.4, -0.2) is 13.4 Å². The van der Waals surface area contributed by atoms with Gasteiger partial charge >= 0.3 is 6.18 Å². The molecule has 1 aromatic heterocycles. The number of pyridine rings is 1. The second-order valence-electron chi connectivity index (χ2n) is 2.57. The molecule has 1 heterocycles. The molecule has 0 aromatic carbocycles. The summed E-state index contributed by atoms with van der Waals surface area (Å²) in [4.78, 5) is 3.21. The smallest absolute Gasteiger partial charge is 0.244 e. The van der Waals surface area contributed by atoms with E-state index in [1.54, 1.807) is 0 Å². The van der Waals surface area contributed by atoms with Gasteiger partial charge in [0.1, 0.15) is 0 Å². The van der Waals surface area contributed by atoms with Gasteiger partial charge in [0.15, 0.2) is 5.03 Å². The van der Waals surface area contributed by atoms with Crippen molar-refractivity contribution in [1.82, 2.24) is 4.98 Å². The summed E-state index contributed by atoms with van der Waals surface area (Å²) < 4.78 is 59.5. The largest absolute Gasteiger partial charge is 0.419 e. The number of sulfone groups is 1. The second kappa shape index (κ2) is 3.65. The standard InChI is InChI=1S/C8H6F3NO2S/c1-2-15(13,14)7-6(8(9,10)11)4-3-5-12-7/h2-5H,1H2. The predicted octanol–water partition coefficient (Wildman–Crippen LogP) is 2.02. The lowest BCUT2D eigenvalue weighted by molar-refractivity contribution is -0.140. The third kappa shape index (κ3) is 2.35. The molecule has 0 aliphatic heterocycles. The molecule has 0 atom stereocenters. The van der Waals surface area contributed by atoms with Crippen molar-refractivity contribution in [3.8, 4) is 0 Å². The highest BCUT2D eigenvalue weighted by Gasteiger charge is 2.37. The van der Waals surface area contributed by atoms with Crippen LogP contribution < -0.4 is 0 Å². The third-order valence-corrected chi connectivity index (χ3v) is 2.87. The Morgan fingerprint density at radius 2 is 2.00 bits per heavy atom. The zero-order chi connectivity index (χ0) is 11.7. The summed E-state index contributed by atoms with van der Waals surface area (Å²) >= 11 is 0. The van der Waals surface area contributed by atoms with Gasteiger partial charge in [0.2, 0.25) is 9.84 Å². The number of rotatable bonds is 2. The van der Waals surface area contributed by atoms with E-state index in [4.69, 9.17) is 0 Å². The van der Waals surface area contributed by atoms with Crippen LogP contribution in [0.5, 0.6) is 0 Å². The molecule has 0 unspecified atom stereocenters. The lowest BCUT2D eigenvalue weighted by atomic mass is 10.3. The fraction of sp³-hybridized carbons (Fsp3) is 0.125. The maximum absolute atomic E-state index is 12.4. The normalized spacial score (nSPS) is 12.5. The Labute approximate surface area is 84.2 Å². The van der Waals surface area contributed by atoms with Crippen LogP contribution in [0, 0.1) is 0 Å². The third-order valence-electron chi connectivity index (χ3n) is 1.57. The molecule has 0 bridgehead atoms. The Bertz CT molecular complexity index is 479. The molecule has 0 amide bonds. The molecule has 0 N–H and O–H groups in total. The van der Waals surface area contributed by atoms with Crippen molar-refractivity contribution < 1.29 is 21.6 Å². The van der Waals surface area contributed by atoms with Crippen LogP contribution >= 0.6 is 0 Å². The van der Waals surface area contributed by atoms with E-state index in [1.807, 2.05) is 0 Å². The van der Waals surface area contributed by atoms with E-state index < -0.39 is 26.6 Å². The number of alkyl halides is 3. The monoisotopic (exact) mass is 237 g/mol. The van der Waals surface area contributed by atoms with Crippen molar-refractivity contribution in [2.75, 3.05) is 0 Å². The molecular formula is C8H6F3NO2S. The van der Waals surface area contributed by atoms with Crippen LogP contribution in [-0.2, 0) is 16.0 Å². The van der Waals surface area contributed by atoms with Gasteiger partial charge in [0.05, 0.1) is 5.56 Å². The number of aromatic nitrogens is 1. The fourth-order valence-electron chi connectivity index (χ4n) is 0.912. The molecule has 0 saturated heterocycles. The van der Waals surface area contributed by atoms with Crippen LogP contribution in [0.25, 0.3) is 0 Å². The summed E-state index contributed by atoms with van der Waals surface area (Å²) in [6.07, 6.45) is -3.77. The summed E-state index contributed by atoms with van der Waals surface area (Å²) in [5.74, 6) is 0. The Morgan fingerprint density at radius 3 is 2.47 bits per heavy atom. The highest BCUT2D eigenvalue weighted by atomic mass is 32.2. The number of nitrogens with zero attached hydrogens (tertiary/aromatic N) is 1. The van der Waals surface area contributed by atoms with Crippen LogP contribution in [0.4, 0.5) is 13.2 Å². The number of hydrogen-bond acceptors (Lipinski definition) is 3. The Hall–Kier alpha value is -1.37. The first-order valence-corrected chi connectivity index (χ1v) is 5.23. The van der Waals surface area contributed by atoms with E-state index >= 15 is 0 Å². The maximum Gasteiger partial charge on any atom is 0.419 e. The minimum Gasteiger partial charge on any atom is -0.244 e. The number of halogens is 3. The minimum absolute atomic E-state index is 0.435. The maximum atomic E-state index is 12.4. The average Bonchev–Trinajstić information content (AvgIpc) is 2.16. The van der Waals surface area contributed by atoms with E-state index in [1.165, 1.54) is 0 Å². The summed E-state index contributed by atoms with van der Waals surface area (Å²) in [7, 11) is -4.18. The first-order valence-electron chi connectivity index (χ1n) is 3.69. The Morgan fingerprint density at radius 1 is 1.40 bits per heavy atom. The molecular weight excluding hydrogens is 231 g/mol. The van der Waals surface area contributed by atoms with Gasteiger partial charge in [-0.15, -0.1) is 0 Å². The molecule has 0 saturated carbocycles. The van der Waals surface area contributed by atoms with Gasteiger partial charge in [-0.25, -0.2) is 13.4 Å². The highest BCUT2D eigenvalue weighted by Crippen LogP contribution is 2.33. The van der Waals surface area contributed by atoms with Gasteiger partial charge in [0.25, 0.3) is 0 Å². The van der Waals surface area contributed by atoms with Gasteiger partial charge in [-0.05, 0) is 12.1 Å². The quantitative estimate of drug-likeness (QED) is 0.790. The summed E-state index contributed by atoms with van der Waals surface area (Å²) in [6.45, 7) is 2.94. The van der Waals surface area contributed by atoms with Crippen molar-refractivity contribution in [3.05, 3.63) is 35.9 Å². The molecule has 0 spiro atoms. The molecule has 3 nitrogen and oxygen atoms in total. The predicted molar refractivity (Wildman–Crippen MR) is 46.6 cm³/mol. The van der Waals surface area contributed by atoms with Crippen LogP contribution in [0.2, 0.25) is 0 Å². The number of hydrogen-bond donors (Lipinski definition) is 0. The van der Waals surface area contributed by atoms with Gasteiger partial charge in [0, 0.05) is 11.6 Å². The van der Waals surface area contributed by atoms with E-state index in [2.05, 4.69) is 11.6 Å². The first-order chi connectivity index (χ1) is 6.79.